The molecule has 0 amide bonds. The van der Waals surface area contributed by atoms with Gasteiger partial charge in [0.05, 0.1) is 0 Å². The molecule has 5 heteroatoms. The molecule has 1 atom stereocenters. The summed E-state index contributed by atoms with van der Waals surface area (Å²) in [5.74, 6) is 0. The van der Waals surface area contributed by atoms with Crippen LogP contribution in [-0.4, -0.2) is 4.21 Å². The third-order valence-electron chi connectivity index (χ3n) is 6.39. The molecule has 0 spiro atoms. The van der Waals surface area contributed by atoms with Crippen molar-refractivity contribution in [2.45, 2.75) is 4.90 Å². The second-order valence-corrected chi connectivity index (χ2v) is 14.0. The first kappa shape index (κ1) is 23.9. The molecule has 176 valence electrons. The topological polar surface area (TPSA) is 50.1 Å². The Hall–Kier alpha value is -3.87. The minimum atomic E-state index is -4.02. The quantitative estimate of drug-likeness (QED) is 0.280. The van der Waals surface area contributed by atoms with E-state index in [1.54, 1.807) is 24.3 Å². The van der Waals surface area contributed by atoms with Crippen LogP contribution in [0, 0.1) is 11.3 Å². The standard InChI is InChI=1S/C31H24NO2PS/c32-25-26-21-23-31(24-22-26)36(33)34-35(27-13-5-1-6-14-27,28-15-7-2-8-16-28,29-17-9-3-10-18-29)30-19-11-4-12-20-30/h1-24H. The van der Waals surface area contributed by atoms with Gasteiger partial charge in [-0.1, -0.05) is 0 Å². The molecule has 0 aliphatic rings. The molecule has 1 unspecified atom stereocenters. The SMILES string of the molecule is N#Cc1ccc(S(=O)OP(c2ccccc2)(c2ccccc2)(c2ccccc2)c2ccccc2)cc1. The van der Waals surface area contributed by atoms with Gasteiger partial charge in [0.25, 0.3) is 0 Å². The predicted molar refractivity (Wildman–Crippen MR) is 150 cm³/mol. The number of nitrogens with zero attached hydrogens (tertiary/aromatic N) is 1. The van der Waals surface area contributed by atoms with Gasteiger partial charge in [-0.3, -0.25) is 0 Å². The van der Waals surface area contributed by atoms with Gasteiger partial charge in [0, 0.05) is 0 Å². The molecule has 3 nitrogen and oxygen atoms in total. The molecule has 0 radical (unpaired) electrons. The Balaban J connectivity index is 1.93. The summed E-state index contributed by atoms with van der Waals surface area (Å²) in [6.45, 7) is -4.02. The molecule has 5 aromatic rings. The van der Waals surface area contributed by atoms with Crippen LogP contribution in [0.1, 0.15) is 5.56 Å². The molecule has 0 saturated carbocycles. The van der Waals surface area contributed by atoms with Crippen LogP contribution in [0.15, 0.2) is 150 Å². The van der Waals surface area contributed by atoms with Crippen LogP contribution >= 0.6 is 6.83 Å². The van der Waals surface area contributed by atoms with Crippen molar-refractivity contribution in [2.24, 2.45) is 0 Å². The Labute approximate surface area is 214 Å². The van der Waals surface area contributed by atoms with Gasteiger partial charge in [-0.2, -0.15) is 0 Å². The molecule has 5 aromatic carbocycles. The summed E-state index contributed by atoms with van der Waals surface area (Å²) in [6, 6.07) is 49.3. The first-order valence-electron chi connectivity index (χ1n) is 11.6. The van der Waals surface area contributed by atoms with Crippen LogP contribution < -0.4 is 21.2 Å². The number of benzene rings is 5. The van der Waals surface area contributed by atoms with E-state index in [2.05, 4.69) is 54.6 Å². The van der Waals surface area contributed by atoms with Crippen LogP contribution in [0.25, 0.3) is 0 Å². The minimum absolute atomic E-state index is 0.502. The summed E-state index contributed by atoms with van der Waals surface area (Å²) >= 11 is -1.86. The van der Waals surface area contributed by atoms with E-state index in [9.17, 15) is 9.47 Å². The molecule has 0 aliphatic heterocycles. The Morgan fingerprint density at radius 1 is 0.528 bits per heavy atom. The summed E-state index contributed by atoms with van der Waals surface area (Å²) < 4.78 is 21.3. The van der Waals surface area contributed by atoms with E-state index >= 15 is 0 Å². The molecule has 0 aromatic heterocycles. The molecular weight excluding hydrogens is 481 g/mol. The number of rotatable bonds is 7. The zero-order chi connectivity index (χ0) is 24.9. The Morgan fingerprint density at radius 3 is 1.17 bits per heavy atom. The molecule has 5 rings (SSSR count). The van der Waals surface area contributed by atoms with Crippen LogP contribution in [-0.2, 0) is 15.1 Å². The van der Waals surface area contributed by atoms with E-state index in [4.69, 9.17) is 3.97 Å². The molecule has 0 N–H and O–H groups in total. The van der Waals surface area contributed by atoms with Crippen molar-refractivity contribution >= 4 is 39.1 Å². The molecule has 0 bridgehead atoms. The average molecular weight is 506 g/mol. The average Bonchev–Trinajstić information content (AvgIpc) is 2.98. The first-order chi connectivity index (χ1) is 17.7. The van der Waals surface area contributed by atoms with Gasteiger partial charge in [0.1, 0.15) is 0 Å². The van der Waals surface area contributed by atoms with E-state index in [1.807, 2.05) is 72.8 Å². The van der Waals surface area contributed by atoms with Crippen molar-refractivity contribution in [3.8, 4) is 6.07 Å². The maximum atomic E-state index is 14.2. The monoisotopic (exact) mass is 505 g/mol. The number of hydrogen-bond donors (Lipinski definition) is 0. The van der Waals surface area contributed by atoms with E-state index in [1.165, 1.54) is 0 Å². The molecule has 36 heavy (non-hydrogen) atoms. The fourth-order valence-electron chi connectivity index (χ4n) is 4.74. The van der Waals surface area contributed by atoms with Crippen molar-refractivity contribution < 1.29 is 8.18 Å². The molecular formula is C31H24NO2PS. The van der Waals surface area contributed by atoms with Gasteiger partial charge < -0.3 is 0 Å². The van der Waals surface area contributed by atoms with Gasteiger partial charge in [-0.15, -0.1) is 0 Å². The van der Waals surface area contributed by atoms with Gasteiger partial charge >= 0.3 is 215 Å². The molecule has 0 heterocycles. The zero-order valence-corrected chi connectivity index (χ0v) is 21.2. The van der Waals surface area contributed by atoms with Crippen LogP contribution in [0.3, 0.4) is 0 Å². The van der Waals surface area contributed by atoms with E-state index in [0.717, 1.165) is 21.2 Å². The maximum absolute atomic E-state index is 14.2. The molecule has 0 fully saturated rings. The fraction of sp³-hybridized carbons (Fsp3) is 0. The summed E-state index contributed by atoms with van der Waals surface area (Å²) in [5, 5.41) is 13.1. The van der Waals surface area contributed by atoms with Crippen LogP contribution in [0.2, 0.25) is 0 Å². The van der Waals surface area contributed by atoms with Gasteiger partial charge in [-0.05, 0) is 0 Å². The van der Waals surface area contributed by atoms with Crippen molar-refractivity contribution in [1.29, 1.82) is 5.26 Å². The third-order valence-corrected chi connectivity index (χ3v) is 13.9. The van der Waals surface area contributed by atoms with Crippen molar-refractivity contribution in [2.75, 3.05) is 0 Å². The van der Waals surface area contributed by atoms with Crippen LogP contribution in [0.5, 0.6) is 0 Å². The van der Waals surface area contributed by atoms with Gasteiger partial charge in [0.2, 0.25) is 0 Å². The zero-order valence-electron chi connectivity index (χ0n) is 19.5. The summed E-state index contributed by atoms with van der Waals surface area (Å²) in [6.07, 6.45) is 0. The van der Waals surface area contributed by atoms with Crippen LogP contribution in [0.4, 0.5) is 0 Å². The fourth-order valence-corrected chi connectivity index (χ4v) is 12.7. The van der Waals surface area contributed by atoms with E-state index in [0.29, 0.717) is 10.5 Å². The Kier molecular flexibility index (Phi) is 6.63. The molecule has 0 aliphatic carbocycles. The third kappa shape index (κ3) is 3.79. The van der Waals surface area contributed by atoms with E-state index < -0.39 is 17.9 Å². The van der Waals surface area contributed by atoms with Crippen molar-refractivity contribution in [3.63, 3.8) is 0 Å². The Bertz CT molecular complexity index is 1350. The molecule has 0 saturated heterocycles. The number of hydrogen-bond acceptors (Lipinski definition) is 3. The Morgan fingerprint density at radius 2 is 0.861 bits per heavy atom. The summed E-state index contributed by atoms with van der Waals surface area (Å²) in [5.41, 5.74) is 0.505. The van der Waals surface area contributed by atoms with Crippen molar-refractivity contribution in [3.05, 3.63) is 151 Å². The summed E-state index contributed by atoms with van der Waals surface area (Å²) in [4.78, 5) is 0.502. The second-order valence-electron chi connectivity index (χ2n) is 8.32. The van der Waals surface area contributed by atoms with Gasteiger partial charge in [-0.25, -0.2) is 0 Å². The second kappa shape index (κ2) is 10.0. The van der Waals surface area contributed by atoms with E-state index in [-0.39, 0.29) is 0 Å². The van der Waals surface area contributed by atoms with Crippen molar-refractivity contribution in [1.82, 2.24) is 0 Å². The predicted octanol–water partition coefficient (Wildman–Crippen LogP) is 5.37. The number of nitriles is 1. The summed E-state index contributed by atoms with van der Waals surface area (Å²) in [7, 11) is 0. The first-order valence-corrected chi connectivity index (χ1v) is 14.8. The van der Waals surface area contributed by atoms with Gasteiger partial charge in [0.15, 0.2) is 0 Å². The normalized spacial score (nSPS) is 13.1.